The second-order valence-electron chi connectivity index (χ2n) is 7.55. The average molecular weight is 352 g/mol. The highest BCUT2D eigenvalue weighted by Gasteiger charge is 2.61. The predicted molar refractivity (Wildman–Crippen MR) is 114 cm³/mol. The third kappa shape index (κ3) is 2.98. The minimum atomic E-state index is -1.62. The van der Waals surface area contributed by atoms with Crippen LogP contribution in [0.2, 0.25) is 0 Å². The van der Waals surface area contributed by atoms with Gasteiger partial charge >= 0.3 is 0 Å². The molecule has 0 radical (unpaired) electrons. The molecule has 0 fully saturated rings. The summed E-state index contributed by atoms with van der Waals surface area (Å²) in [5.74, 6) is 0.436. The van der Waals surface area contributed by atoms with Gasteiger partial charge in [-0.3, -0.25) is 0 Å². The Morgan fingerprint density at radius 2 is 1.56 bits per heavy atom. The molecule has 1 aliphatic carbocycles. The van der Waals surface area contributed by atoms with E-state index in [1.165, 1.54) is 23.5 Å². The molecule has 3 unspecified atom stereocenters. The molecule has 132 valence electrons. The summed E-state index contributed by atoms with van der Waals surface area (Å²) in [6, 6.07) is 22.6. The topological polar surface area (TPSA) is 26.0 Å². The molecule has 1 aliphatic rings. The second-order valence-corrected chi connectivity index (χ2v) is 11.5. The normalized spacial score (nSPS) is 24.4. The Morgan fingerprint density at radius 1 is 1.04 bits per heavy atom. The van der Waals surface area contributed by atoms with Gasteiger partial charge in [0, 0.05) is 18.4 Å². The summed E-state index contributed by atoms with van der Waals surface area (Å²) >= 11 is 0. The molecule has 0 heterocycles. The second kappa shape index (κ2) is 7.44. The van der Waals surface area contributed by atoms with Crippen LogP contribution in [0.15, 0.2) is 72.8 Å². The highest BCUT2D eigenvalue weighted by atomic mass is 31.2. The summed E-state index contributed by atoms with van der Waals surface area (Å²) in [5.41, 5.74) is 6.52. The Labute approximate surface area is 153 Å². The van der Waals surface area contributed by atoms with Crippen LogP contribution in [0.4, 0.5) is 0 Å². The van der Waals surface area contributed by atoms with Gasteiger partial charge in [-0.15, -0.1) is 0 Å². The van der Waals surface area contributed by atoms with Crippen LogP contribution in [0, 0.1) is 5.92 Å². The van der Waals surface area contributed by atoms with Crippen LogP contribution in [-0.4, -0.2) is 17.9 Å². The van der Waals surface area contributed by atoms with Crippen LogP contribution < -0.4 is 16.3 Å². The van der Waals surface area contributed by atoms with Crippen LogP contribution in [0.3, 0.4) is 0 Å². The first kappa shape index (κ1) is 18.4. The van der Waals surface area contributed by atoms with Gasteiger partial charge in [-0.2, -0.15) is 0 Å². The molecule has 0 aliphatic heterocycles. The van der Waals surface area contributed by atoms with E-state index in [0.29, 0.717) is 5.92 Å². The van der Waals surface area contributed by atoms with E-state index in [-0.39, 0.29) is 11.2 Å². The van der Waals surface area contributed by atoms with Crippen molar-refractivity contribution in [1.29, 1.82) is 0 Å². The van der Waals surface area contributed by atoms with Crippen molar-refractivity contribution in [3.8, 4) is 0 Å². The van der Waals surface area contributed by atoms with Gasteiger partial charge in [-0.05, 0) is 37.6 Å². The van der Waals surface area contributed by atoms with Crippen molar-refractivity contribution in [2.45, 2.75) is 44.3 Å². The zero-order valence-corrected chi connectivity index (χ0v) is 16.6. The first-order valence-electron chi connectivity index (χ1n) is 9.46. The summed E-state index contributed by atoms with van der Waals surface area (Å²) in [7, 11) is -1.62. The van der Waals surface area contributed by atoms with Gasteiger partial charge in [0.2, 0.25) is 0 Å². The minimum Gasteiger partial charge on any atom is -0.327 e. The summed E-state index contributed by atoms with van der Waals surface area (Å²) in [6.45, 7) is 7.05. The molecule has 2 aromatic carbocycles. The van der Waals surface area contributed by atoms with Crippen LogP contribution in [0.1, 0.15) is 33.1 Å². The third-order valence-electron chi connectivity index (χ3n) is 6.12. The molecular formula is C23H31NP+. The molecule has 0 spiro atoms. The maximum Gasteiger partial charge on any atom is 0.100 e. The van der Waals surface area contributed by atoms with Crippen molar-refractivity contribution < 1.29 is 0 Å². The fraction of sp³-hybridized carbons (Fsp3) is 0.391. The number of rotatable bonds is 6. The third-order valence-corrected chi connectivity index (χ3v) is 11.3. The molecule has 2 N–H and O–H groups in total. The maximum absolute atomic E-state index is 6.52. The first-order chi connectivity index (χ1) is 12.1. The van der Waals surface area contributed by atoms with Crippen LogP contribution in [-0.2, 0) is 0 Å². The molecule has 0 saturated carbocycles. The number of hydrogen-bond donors (Lipinski definition) is 1. The van der Waals surface area contributed by atoms with Crippen LogP contribution in [0.25, 0.3) is 0 Å². The number of benzene rings is 2. The van der Waals surface area contributed by atoms with Gasteiger partial charge in [0.05, 0.1) is 24.5 Å². The van der Waals surface area contributed by atoms with Crippen LogP contribution in [0.5, 0.6) is 0 Å². The van der Waals surface area contributed by atoms with Gasteiger partial charge in [-0.25, -0.2) is 0 Å². The van der Waals surface area contributed by atoms with Crippen molar-refractivity contribution in [2.75, 3.05) is 6.66 Å². The Kier molecular flexibility index (Phi) is 5.46. The molecule has 0 amide bonds. The summed E-state index contributed by atoms with van der Waals surface area (Å²) in [4.78, 5) is 0. The van der Waals surface area contributed by atoms with Crippen molar-refractivity contribution in [3.05, 3.63) is 72.8 Å². The van der Waals surface area contributed by atoms with E-state index in [1.807, 2.05) is 0 Å². The predicted octanol–water partition coefficient (Wildman–Crippen LogP) is 4.75. The van der Waals surface area contributed by atoms with E-state index in [4.69, 9.17) is 5.73 Å². The Balaban J connectivity index is 2.26. The van der Waals surface area contributed by atoms with E-state index < -0.39 is 7.26 Å². The molecular weight excluding hydrogens is 321 g/mol. The molecule has 0 saturated heterocycles. The largest absolute Gasteiger partial charge is 0.327 e. The average Bonchev–Trinajstić information content (AvgIpc) is 3.08. The monoisotopic (exact) mass is 352 g/mol. The molecule has 3 rings (SSSR count). The molecule has 2 aromatic rings. The molecule has 0 bridgehead atoms. The molecule has 3 atom stereocenters. The van der Waals surface area contributed by atoms with E-state index in [0.717, 1.165) is 6.42 Å². The summed E-state index contributed by atoms with van der Waals surface area (Å²) in [6.07, 6.45) is 8.36. The molecule has 1 nitrogen and oxygen atoms in total. The van der Waals surface area contributed by atoms with Crippen molar-refractivity contribution >= 4 is 17.9 Å². The summed E-state index contributed by atoms with van der Waals surface area (Å²) < 4.78 is 0. The van der Waals surface area contributed by atoms with E-state index in [2.05, 4.69) is 93.3 Å². The Bertz CT molecular complexity index is 668. The fourth-order valence-corrected chi connectivity index (χ4v) is 9.84. The fourth-order valence-electron chi connectivity index (χ4n) is 4.92. The zero-order chi connectivity index (χ0) is 17.9. The highest BCUT2D eigenvalue weighted by molar-refractivity contribution is 7.90. The molecule has 0 aromatic heterocycles. The smallest absolute Gasteiger partial charge is 0.100 e. The number of hydrogen-bond acceptors (Lipinski definition) is 1. The van der Waals surface area contributed by atoms with Gasteiger partial charge < -0.3 is 5.73 Å². The quantitative estimate of drug-likeness (QED) is 0.589. The Morgan fingerprint density at radius 3 is 2.00 bits per heavy atom. The van der Waals surface area contributed by atoms with Crippen molar-refractivity contribution in [2.24, 2.45) is 11.7 Å². The van der Waals surface area contributed by atoms with Crippen molar-refractivity contribution in [1.82, 2.24) is 0 Å². The molecule has 25 heavy (non-hydrogen) atoms. The SMILES string of the molecule is CCCC1([P+](C)(c2ccccc2)c2ccccc2)CC=CC1C(C)N. The van der Waals surface area contributed by atoms with E-state index in [9.17, 15) is 0 Å². The van der Waals surface area contributed by atoms with E-state index in [1.54, 1.807) is 0 Å². The molecule has 2 heteroatoms. The lowest BCUT2D eigenvalue weighted by molar-refractivity contribution is 0.383. The van der Waals surface area contributed by atoms with E-state index >= 15 is 0 Å². The first-order valence-corrected chi connectivity index (χ1v) is 11.7. The lowest BCUT2D eigenvalue weighted by Crippen LogP contribution is -2.49. The maximum atomic E-state index is 6.52. The number of nitrogens with two attached hydrogens (primary N) is 1. The van der Waals surface area contributed by atoms with Gasteiger partial charge in [0.15, 0.2) is 0 Å². The zero-order valence-electron chi connectivity index (χ0n) is 15.7. The lowest BCUT2D eigenvalue weighted by atomic mass is 9.85. The lowest BCUT2D eigenvalue weighted by Gasteiger charge is -2.45. The van der Waals surface area contributed by atoms with Crippen molar-refractivity contribution in [3.63, 3.8) is 0 Å². The van der Waals surface area contributed by atoms with Gasteiger partial charge in [0.25, 0.3) is 0 Å². The highest BCUT2D eigenvalue weighted by Crippen LogP contribution is 2.71. The van der Waals surface area contributed by atoms with Crippen LogP contribution >= 0.6 is 7.26 Å². The Hall–Kier alpha value is -1.43. The number of allylic oxidation sites excluding steroid dienone is 1. The minimum absolute atomic E-state index is 0.178. The van der Waals surface area contributed by atoms with Gasteiger partial charge in [0.1, 0.15) is 5.16 Å². The van der Waals surface area contributed by atoms with Gasteiger partial charge in [-0.1, -0.05) is 61.9 Å². The standard InChI is InChI=1S/C23H31NP/c1-4-17-23(18-11-16-22(23)19(2)24)25(3,20-12-7-5-8-13-20)21-14-9-6-10-15-21/h5-16,19,22H,4,17-18,24H2,1-3H3/q+1. The summed E-state index contributed by atoms with van der Waals surface area (Å²) in [5, 5.41) is 3.23.